The van der Waals surface area contributed by atoms with E-state index in [1.165, 1.54) is 13.2 Å². The Morgan fingerprint density at radius 2 is 1.83 bits per heavy atom. The highest BCUT2D eigenvalue weighted by Crippen LogP contribution is 2.29. The number of carbonyl (C=O) groups excluding carboxylic acids is 2. The summed E-state index contributed by atoms with van der Waals surface area (Å²) in [5.74, 6) is 0.427. The summed E-state index contributed by atoms with van der Waals surface area (Å²) in [7, 11) is 1.50. The third-order valence-corrected chi connectivity index (χ3v) is 2.80. The van der Waals surface area contributed by atoms with Crippen LogP contribution in [0.2, 0.25) is 0 Å². The molecule has 0 spiro atoms. The predicted octanol–water partition coefficient (Wildman–Crippen LogP) is 2.41. The van der Waals surface area contributed by atoms with Gasteiger partial charge in [0.15, 0.2) is 18.1 Å². The van der Waals surface area contributed by atoms with Gasteiger partial charge in [0.25, 0.3) is 5.91 Å². The van der Waals surface area contributed by atoms with Crippen molar-refractivity contribution in [2.45, 2.75) is 33.8 Å². The van der Waals surface area contributed by atoms with Gasteiger partial charge in [0.1, 0.15) is 0 Å². The summed E-state index contributed by atoms with van der Waals surface area (Å²) in [6, 6.07) is 4.76. The van der Waals surface area contributed by atoms with Gasteiger partial charge >= 0.3 is 5.97 Å². The maximum atomic E-state index is 12.0. The summed E-state index contributed by atoms with van der Waals surface area (Å²) in [4.78, 5) is 23.5. The highest BCUT2D eigenvalue weighted by atomic mass is 16.5. The van der Waals surface area contributed by atoms with Gasteiger partial charge < -0.3 is 19.5 Å². The maximum absolute atomic E-state index is 12.0. The van der Waals surface area contributed by atoms with E-state index in [-0.39, 0.29) is 18.6 Å². The molecule has 1 amide bonds. The van der Waals surface area contributed by atoms with E-state index < -0.39 is 5.97 Å². The largest absolute Gasteiger partial charge is 0.493 e. The van der Waals surface area contributed by atoms with E-state index in [1.54, 1.807) is 12.1 Å². The van der Waals surface area contributed by atoms with E-state index in [9.17, 15) is 9.59 Å². The van der Waals surface area contributed by atoms with Gasteiger partial charge in [0.2, 0.25) is 0 Å². The van der Waals surface area contributed by atoms with Gasteiger partial charge in [-0.05, 0) is 38.0 Å². The van der Waals surface area contributed by atoms with Crippen molar-refractivity contribution in [3.8, 4) is 11.5 Å². The van der Waals surface area contributed by atoms with Crippen molar-refractivity contribution in [1.82, 2.24) is 5.32 Å². The molecule has 0 saturated carbocycles. The average molecular weight is 323 g/mol. The number of methoxy groups -OCH3 is 1. The molecule has 0 saturated heterocycles. The number of nitrogens with one attached hydrogen (secondary N) is 1. The van der Waals surface area contributed by atoms with Crippen molar-refractivity contribution in [1.29, 1.82) is 0 Å². The SMILES string of the molecule is COc1cc(C(=O)OCC(=O)NCC(C)C)ccc1OC(C)C. The third kappa shape index (κ3) is 6.59. The number of carbonyl (C=O) groups is 2. The predicted molar refractivity (Wildman–Crippen MR) is 86.9 cm³/mol. The number of benzene rings is 1. The van der Waals surface area contributed by atoms with Crippen LogP contribution in [0, 0.1) is 5.92 Å². The topological polar surface area (TPSA) is 73.9 Å². The fraction of sp³-hybridized carbons (Fsp3) is 0.529. The summed E-state index contributed by atoms with van der Waals surface area (Å²) in [5.41, 5.74) is 0.301. The lowest BCUT2D eigenvalue weighted by Gasteiger charge is -2.14. The molecule has 0 atom stereocenters. The molecule has 0 bridgehead atoms. The second kappa shape index (κ2) is 9.02. The van der Waals surface area contributed by atoms with Crippen LogP contribution in [0.1, 0.15) is 38.1 Å². The van der Waals surface area contributed by atoms with E-state index >= 15 is 0 Å². The van der Waals surface area contributed by atoms with Crippen molar-refractivity contribution in [2.75, 3.05) is 20.3 Å². The van der Waals surface area contributed by atoms with Gasteiger partial charge in [-0.2, -0.15) is 0 Å². The first-order valence-electron chi connectivity index (χ1n) is 7.62. The molecule has 6 nitrogen and oxygen atoms in total. The van der Waals surface area contributed by atoms with Crippen LogP contribution in [-0.4, -0.2) is 38.2 Å². The molecule has 128 valence electrons. The van der Waals surface area contributed by atoms with Gasteiger partial charge in [-0.25, -0.2) is 4.79 Å². The van der Waals surface area contributed by atoms with Gasteiger partial charge in [0, 0.05) is 6.54 Å². The molecule has 1 rings (SSSR count). The lowest BCUT2D eigenvalue weighted by atomic mass is 10.2. The Morgan fingerprint density at radius 3 is 2.39 bits per heavy atom. The molecule has 0 radical (unpaired) electrons. The molecule has 1 N–H and O–H groups in total. The molecular weight excluding hydrogens is 298 g/mol. The van der Waals surface area contributed by atoms with Crippen LogP contribution in [0.3, 0.4) is 0 Å². The second-order valence-electron chi connectivity index (χ2n) is 5.81. The van der Waals surface area contributed by atoms with E-state index in [0.29, 0.717) is 29.5 Å². The zero-order valence-corrected chi connectivity index (χ0v) is 14.3. The van der Waals surface area contributed by atoms with Crippen molar-refractivity contribution >= 4 is 11.9 Å². The third-order valence-electron chi connectivity index (χ3n) is 2.80. The highest BCUT2D eigenvalue weighted by Gasteiger charge is 2.14. The van der Waals surface area contributed by atoms with Crippen LogP contribution in [-0.2, 0) is 9.53 Å². The summed E-state index contributed by atoms with van der Waals surface area (Å²) >= 11 is 0. The summed E-state index contributed by atoms with van der Waals surface area (Å²) in [6.07, 6.45) is -0.00800. The second-order valence-corrected chi connectivity index (χ2v) is 5.81. The Bertz CT molecular complexity index is 540. The van der Waals surface area contributed by atoms with Crippen LogP contribution in [0.5, 0.6) is 11.5 Å². The fourth-order valence-electron chi connectivity index (χ4n) is 1.73. The minimum atomic E-state index is -0.584. The van der Waals surface area contributed by atoms with E-state index in [0.717, 1.165) is 0 Å². The Balaban J connectivity index is 2.64. The number of ether oxygens (including phenoxy) is 3. The van der Waals surface area contributed by atoms with Gasteiger partial charge in [-0.3, -0.25) is 4.79 Å². The molecule has 1 aromatic carbocycles. The number of hydrogen-bond acceptors (Lipinski definition) is 5. The Labute approximate surface area is 137 Å². The van der Waals surface area contributed by atoms with Crippen LogP contribution < -0.4 is 14.8 Å². The highest BCUT2D eigenvalue weighted by molar-refractivity contribution is 5.92. The van der Waals surface area contributed by atoms with Crippen LogP contribution >= 0.6 is 0 Å². The lowest BCUT2D eigenvalue weighted by molar-refractivity contribution is -0.124. The monoisotopic (exact) mass is 323 g/mol. The summed E-state index contributed by atoms with van der Waals surface area (Å²) in [5, 5.41) is 2.68. The fourth-order valence-corrected chi connectivity index (χ4v) is 1.73. The van der Waals surface area contributed by atoms with Crippen molar-refractivity contribution in [2.24, 2.45) is 5.92 Å². The maximum Gasteiger partial charge on any atom is 0.338 e. The minimum absolute atomic E-state index is 0.00800. The first kappa shape index (κ1) is 18.8. The van der Waals surface area contributed by atoms with E-state index in [1.807, 2.05) is 27.7 Å². The van der Waals surface area contributed by atoms with E-state index in [4.69, 9.17) is 14.2 Å². The first-order valence-corrected chi connectivity index (χ1v) is 7.62. The molecule has 0 fully saturated rings. The number of rotatable bonds is 8. The molecule has 0 heterocycles. The quantitative estimate of drug-likeness (QED) is 0.744. The molecule has 6 heteroatoms. The molecule has 0 aliphatic rings. The summed E-state index contributed by atoms with van der Waals surface area (Å²) < 4.78 is 15.8. The summed E-state index contributed by atoms with van der Waals surface area (Å²) in [6.45, 7) is 8.01. The minimum Gasteiger partial charge on any atom is -0.493 e. The Kier molecular flexibility index (Phi) is 7.38. The van der Waals surface area contributed by atoms with Crippen molar-refractivity contribution in [3.05, 3.63) is 23.8 Å². The zero-order valence-electron chi connectivity index (χ0n) is 14.3. The van der Waals surface area contributed by atoms with Crippen molar-refractivity contribution in [3.63, 3.8) is 0 Å². The standard InChI is InChI=1S/C17H25NO5/c1-11(2)9-18-16(19)10-22-17(20)13-6-7-14(23-12(3)4)15(8-13)21-5/h6-8,11-12H,9-10H2,1-5H3,(H,18,19). The molecule has 0 aromatic heterocycles. The first-order chi connectivity index (χ1) is 10.8. The van der Waals surface area contributed by atoms with E-state index in [2.05, 4.69) is 5.32 Å². The molecule has 23 heavy (non-hydrogen) atoms. The normalized spacial score (nSPS) is 10.6. The average Bonchev–Trinajstić information content (AvgIpc) is 2.50. The molecular formula is C17H25NO5. The number of amides is 1. The van der Waals surface area contributed by atoms with Crippen LogP contribution in [0.4, 0.5) is 0 Å². The smallest absolute Gasteiger partial charge is 0.338 e. The van der Waals surface area contributed by atoms with Gasteiger partial charge in [-0.1, -0.05) is 13.8 Å². The van der Waals surface area contributed by atoms with Crippen molar-refractivity contribution < 1.29 is 23.8 Å². The van der Waals surface area contributed by atoms with Gasteiger partial charge in [0.05, 0.1) is 18.8 Å². The Hall–Kier alpha value is -2.24. The number of esters is 1. The molecule has 0 aliphatic carbocycles. The Morgan fingerprint density at radius 1 is 1.13 bits per heavy atom. The number of hydrogen-bond donors (Lipinski definition) is 1. The van der Waals surface area contributed by atoms with Gasteiger partial charge in [-0.15, -0.1) is 0 Å². The molecule has 0 unspecified atom stereocenters. The molecule has 1 aromatic rings. The zero-order chi connectivity index (χ0) is 17.4. The molecule has 0 aliphatic heterocycles. The van der Waals surface area contributed by atoms with Crippen LogP contribution in [0.25, 0.3) is 0 Å². The van der Waals surface area contributed by atoms with Crippen LogP contribution in [0.15, 0.2) is 18.2 Å². The lowest BCUT2D eigenvalue weighted by Crippen LogP contribution is -2.31.